The van der Waals surface area contributed by atoms with Crippen LogP contribution in [0, 0.1) is 0 Å². The van der Waals surface area contributed by atoms with Crippen molar-refractivity contribution in [2.45, 2.75) is 38.8 Å². The Hall–Kier alpha value is -1.11. The SMILES string of the molecule is CCC(c1ccc2c(c1)CC(C)N2S(C)(=O)=O)N1CCNCC1. The second kappa shape index (κ2) is 6.42. The van der Waals surface area contributed by atoms with Crippen LogP contribution < -0.4 is 9.62 Å². The molecule has 1 aromatic rings. The zero-order chi connectivity index (χ0) is 16.6. The maximum absolute atomic E-state index is 12.0. The first-order valence-electron chi connectivity index (χ1n) is 8.48. The number of piperazine rings is 1. The van der Waals surface area contributed by atoms with Crippen molar-refractivity contribution in [3.8, 4) is 0 Å². The number of anilines is 1. The van der Waals surface area contributed by atoms with Crippen LogP contribution in [0.4, 0.5) is 5.69 Å². The monoisotopic (exact) mass is 337 g/mol. The van der Waals surface area contributed by atoms with Gasteiger partial charge in [0, 0.05) is 38.3 Å². The van der Waals surface area contributed by atoms with Gasteiger partial charge in [0.15, 0.2) is 0 Å². The Morgan fingerprint density at radius 1 is 1.30 bits per heavy atom. The normalized spacial score (nSPS) is 23.8. The molecule has 2 unspecified atom stereocenters. The van der Waals surface area contributed by atoms with Crippen LogP contribution in [-0.2, 0) is 16.4 Å². The molecule has 0 saturated carbocycles. The van der Waals surface area contributed by atoms with Crippen LogP contribution in [0.15, 0.2) is 18.2 Å². The van der Waals surface area contributed by atoms with Crippen molar-refractivity contribution in [1.29, 1.82) is 0 Å². The van der Waals surface area contributed by atoms with E-state index in [4.69, 9.17) is 0 Å². The summed E-state index contributed by atoms with van der Waals surface area (Å²) in [5.74, 6) is 0. The van der Waals surface area contributed by atoms with Gasteiger partial charge in [-0.05, 0) is 37.0 Å². The lowest BCUT2D eigenvalue weighted by molar-refractivity contribution is 0.169. The van der Waals surface area contributed by atoms with E-state index in [9.17, 15) is 8.42 Å². The predicted octanol–water partition coefficient (Wildman–Crippen LogP) is 1.75. The summed E-state index contributed by atoms with van der Waals surface area (Å²) in [6.45, 7) is 8.43. The standard InChI is InChI=1S/C17H27N3O2S/c1-4-16(19-9-7-18-8-10-19)14-5-6-17-15(12-14)11-13(2)20(17)23(3,21)22/h5-6,12-13,16,18H,4,7-11H2,1-3H3. The average molecular weight is 337 g/mol. The highest BCUT2D eigenvalue weighted by Gasteiger charge is 2.33. The van der Waals surface area contributed by atoms with Crippen molar-refractivity contribution >= 4 is 15.7 Å². The quantitative estimate of drug-likeness (QED) is 0.909. The first-order chi connectivity index (χ1) is 10.9. The van der Waals surface area contributed by atoms with Gasteiger partial charge in [0.05, 0.1) is 11.9 Å². The number of benzene rings is 1. The first-order valence-corrected chi connectivity index (χ1v) is 10.3. The molecule has 0 amide bonds. The zero-order valence-corrected chi connectivity index (χ0v) is 15.1. The molecule has 2 atom stereocenters. The van der Waals surface area contributed by atoms with Crippen molar-refractivity contribution < 1.29 is 8.42 Å². The van der Waals surface area contributed by atoms with Crippen LogP contribution in [0.5, 0.6) is 0 Å². The molecular weight excluding hydrogens is 310 g/mol. The molecule has 6 heteroatoms. The lowest BCUT2D eigenvalue weighted by Gasteiger charge is -2.35. The molecule has 5 nitrogen and oxygen atoms in total. The number of sulfonamides is 1. The van der Waals surface area contributed by atoms with Gasteiger partial charge >= 0.3 is 0 Å². The van der Waals surface area contributed by atoms with E-state index in [1.54, 1.807) is 4.31 Å². The summed E-state index contributed by atoms with van der Waals surface area (Å²) in [5.41, 5.74) is 3.34. The number of hydrogen-bond donors (Lipinski definition) is 1. The Labute approximate surface area is 139 Å². The molecule has 0 aromatic heterocycles. The van der Waals surface area contributed by atoms with E-state index in [0.29, 0.717) is 6.04 Å². The Morgan fingerprint density at radius 2 is 2.00 bits per heavy atom. The Bertz CT molecular complexity index is 668. The summed E-state index contributed by atoms with van der Waals surface area (Å²) >= 11 is 0. The lowest BCUT2D eigenvalue weighted by atomic mass is 9.98. The molecule has 0 aliphatic carbocycles. The van der Waals surface area contributed by atoms with E-state index < -0.39 is 10.0 Å². The number of nitrogens with zero attached hydrogens (tertiary/aromatic N) is 2. The highest BCUT2D eigenvalue weighted by molar-refractivity contribution is 7.92. The molecule has 1 fully saturated rings. The molecule has 0 spiro atoms. The fraction of sp³-hybridized carbons (Fsp3) is 0.647. The Balaban J connectivity index is 1.91. The molecule has 23 heavy (non-hydrogen) atoms. The third-order valence-electron chi connectivity index (χ3n) is 4.98. The first kappa shape index (κ1) is 16.7. The summed E-state index contributed by atoms with van der Waals surface area (Å²) in [6, 6.07) is 6.78. The Kier molecular flexibility index (Phi) is 4.67. The molecule has 1 saturated heterocycles. The highest BCUT2D eigenvalue weighted by atomic mass is 32.2. The van der Waals surface area contributed by atoms with Crippen molar-refractivity contribution in [3.63, 3.8) is 0 Å². The van der Waals surface area contributed by atoms with Crippen LogP contribution in [0.2, 0.25) is 0 Å². The number of hydrogen-bond acceptors (Lipinski definition) is 4. The average Bonchev–Trinajstić information content (AvgIpc) is 2.84. The van der Waals surface area contributed by atoms with E-state index >= 15 is 0 Å². The van der Waals surface area contributed by atoms with E-state index in [1.165, 1.54) is 11.8 Å². The van der Waals surface area contributed by atoms with Crippen molar-refractivity contribution in [1.82, 2.24) is 10.2 Å². The summed E-state index contributed by atoms with van der Waals surface area (Å²) in [4.78, 5) is 2.53. The van der Waals surface area contributed by atoms with Crippen LogP contribution in [0.25, 0.3) is 0 Å². The van der Waals surface area contributed by atoms with Crippen LogP contribution in [0.1, 0.15) is 37.4 Å². The molecule has 0 radical (unpaired) electrons. The van der Waals surface area contributed by atoms with Crippen molar-refractivity contribution in [3.05, 3.63) is 29.3 Å². The topological polar surface area (TPSA) is 52.7 Å². The van der Waals surface area contributed by atoms with Crippen LogP contribution >= 0.6 is 0 Å². The van der Waals surface area contributed by atoms with E-state index in [-0.39, 0.29) is 6.04 Å². The van der Waals surface area contributed by atoms with E-state index in [2.05, 4.69) is 29.3 Å². The number of fused-ring (bicyclic) bond motifs is 1. The van der Waals surface area contributed by atoms with E-state index in [1.807, 2.05) is 13.0 Å². The van der Waals surface area contributed by atoms with Crippen molar-refractivity contribution in [2.75, 3.05) is 36.7 Å². The second-order valence-corrected chi connectivity index (χ2v) is 8.57. The third-order valence-corrected chi connectivity index (χ3v) is 6.25. The maximum atomic E-state index is 12.0. The zero-order valence-electron chi connectivity index (χ0n) is 14.2. The molecule has 1 aromatic carbocycles. The van der Waals surface area contributed by atoms with Crippen LogP contribution in [0.3, 0.4) is 0 Å². The fourth-order valence-corrected chi connectivity index (χ4v) is 5.30. The minimum Gasteiger partial charge on any atom is -0.314 e. The molecule has 0 bridgehead atoms. The van der Waals surface area contributed by atoms with Gasteiger partial charge in [0.2, 0.25) is 10.0 Å². The molecule has 1 N–H and O–H groups in total. The maximum Gasteiger partial charge on any atom is 0.232 e. The van der Waals surface area contributed by atoms with Crippen molar-refractivity contribution in [2.24, 2.45) is 0 Å². The van der Waals surface area contributed by atoms with Crippen LogP contribution in [-0.4, -0.2) is 51.8 Å². The largest absolute Gasteiger partial charge is 0.314 e. The van der Waals surface area contributed by atoms with Gasteiger partial charge in [0.1, 0.15) is 0 Å². The molecular formula is C17H27N3O2S. The number of rotatable bonds is 4. The van der Waals surface area contributed by atoms with Gasteiger partial charge in [-0.2, -0.15) is 0 Å². The van der Waals surface area contributed by atoms with E-state index in [0.717, 1.165) is 50.3 Å². The second-order valence-electron chi connectivity index (χ2n) is 6.71. The summed E-state index contributed by atoms with van der Waals surface area (Å²) in [6.07, 6.45) is 3.17. The van der Waals surface area contributed by atoms with Gasteiger partial charge < -0.3 is 5.32 Å². The Morgan fingerprint density at radius 3 is 2.61 bits per heavy atom. The minimum absolute atomic E-state index is 0.00881. The fourth-order valence-electron chi connectivity index (χ4n) is 4.03. The summed E-state index contributed by atoms with van der Waals surface area (Å²) in [5, 5.41) is 3.40. The number of nitrogens with one attached hydrogen (secondary N) is 1. The molecule has 2 heterocycles. The molecule has 128 valence electrons. The third kappa shape index (κ3) is 3.25. The smallest absolute Gasteiger partial charge is 0.232 e. The molecule has 3 rings (SSSR count). The summed E-state index contributed by atoms with van der Waals surface area (Å²) in [7, 11) is -3.21. The van der Waals surface area contributed by atoms with Gasteiger partial charge in [-0.15, -0.1) is 0 Å². The molecule has 2 aliphatic heterocycles. The predicted molar refractivity (Wildman–Crippen MR) is 94.4 cm³/mol. The van der Waals surface area contributed by atoms with Gasteiger partial charge in [0.25, 0.3) is 0 Å². The summed E-state index contributed by atoms with van der Waals surface area (Å²) < 4.78 is 25.6. The van der Waals surface area contributed by atoms with Gasteiger partial charge in [-0.25, -0.2) is 8.42 Å². The lowest BCUT2D eigenvalue weighted by Crippen LogP contribution is -2.45. The highest BCUT2D eigenvalue weighted by Crippen LogP contribution is 2.37. The minimum atomic E-state index is -3.21. The van der Waals surface area contributed by atoms with Gasteiger partial charge in [-0.3, -0.25) is 9.21 Å². The van der Waals surface area contributed by atoms with Gasteiger partial charge in [-0.1, -0.05) is 19.1 Å². The molecule has 2 aliphatic rings.